The molecular formula is C14H30KO4P. The molecule has 0 rings (SSSR count). The molecule has 0 fully saturated rings. The summed E-state index contributed by atoms with van der Waals surface area (Å²) in [4.78, 5) is 11.1. The first kappa shape index (κ1) is 24.0. The van der Waals surface area contributed by atoms with Crippen molar-refractivity contribution in [3.63, 3.8) is 0 Å². The van der Waals surface area contributed by atoms with Crippen LogP contribution >= 0.6 is 7.82 Å². The van der Waals surface area contributed by atoms with Gasteiger partial charge in [-0.15, -0.1) is 0 Å². The zero-order valence-corrected chi connectivity index (χ0v) is 17.6. The van der Waals surface area contributed by atoms with E-state index in [0.717, 1.165) is 19.3 Å². The van der Waals surface area contributed by atoms with Gasteiger partial charge in [0.2, 0.25) is 0 Å². The molecule has 0 aromatic heterocycles. The van der Waals surface area contributed by atoms with E-state index in [1.54, 1.807) is 6.92 Å². The normalized spacial score (nSPS) is 13.8. The van der Waals surface area contributed by atoms with Crippen LogP contribution in [0.3, 0.4) is 0 Å². The minimum atomic E-state index is -4.02. The summed E-state index contributed by atoms with van der Waals surface area (Å²) in [7, 11) is -4.02. The minimum Gasteiger partial charge on any atom is -0.756 e. The van der Waals surface area contributed by atoms with E-state index >= 15 is 0 Å². The maximum atomic E-state index is 11.1. The second-order valence-electron chi connectivity index (χ2n) is 4.88. The molecular weight excluding hydrogens is 302 g/mol. The van der Waals surface area contributed by atoms with Gasteiger partial charge in [-0.3, -0.25) is 4.57 Å². The molecule has 0 aliphatic rings. The Morgan fingerprint density at radius 2 is 1.25 bits per heavy atom. The Morgan fingerprint density at radius 1 is 0.800 bits per heavy atom. The Bertz CT molecular complexity index is 239. The first-order valence-corrected chi connectivity index (χ1v) is 9.18. The quantitative estimate of drug-likeness (QED) is 0.274. The van der Waals surface area contributed by atoms with Crippen LogP contribution in [0.5, 0.6) is 0 Å². The van der Waals surface area contributed by atoms with Crippen LogP contribution in [0.4, 0.5) is 0 Å². The summed E-state index contributed by atoms with van der Waals surface area (Å²) in [6, 6.07) is 0. The van der Waals surface area contributed by atoms with Gasteiger partial charge in [0, 0.05) is 0 Å². The van der Waals surface area contributed by atoms with Gasteiger partial charge in [-0.1, -0.05) is 64.7 Å². The van der Waals surface area contributed by atoms with Crippen LogP contribution in [0.1, 0.15) is 78.1 Å². The van der Waals surface area contributed by atoms with Crippen LogP contribution in [0.2, 0.25) is 0 Å². The largest absolute Gasteiger partial charge is 1.00 e. The summed E-state index contributed by atoms with van der Waals surface area (Å²) in [6.07, 6.45) is 12.2. The van der Waals surface area contributed by atoms with E-state index in [4.69, 9.17) is 4.52 Å². The van der Waals surface area contributed by atoms with Gasteiger partial charge in [0.25, 0.3) is 7.82 Å². The van der Waals surface area contributed by atoms with Gasteiger partial charge >= 0.3 is 51.4 Å². The molecule has 0 heterocycles. The fraction of sp³-hybridized carbons (Fsp3) is 1.00. The zero-order chi connectivity index (χ0) is 14.4. The summed E-state index contributed by atoms with van der Waals surface area (Å²) >= 11 is 0. The Morgan fingerprint density at radius 3 is 1.70 bits per heavy atom. The molecule has 116 valence electrons. The van der Waals surface area contributed by atoms with Gasteiger partial charge in [-0.2, -0.15) is 0 Å². The molecule has 0 N–H and O–H groups in total. The number of rotatable bonds is 14. The van der Waals surface area contributed by atoms with Gasteiger partial charge < -0.3 is 13.9 Å². The molecule has 0 radical (unpaired) electrons. The molecule has 0 aromatic rings. The van der Waals surface area contributed by atoms with Gasteiger partial charge in [0.05, 0.1) is 13.2 Å². The smallest absolute Gasteiger partial charge is 0.756 e. The second kappa shape index (κ2) is 17.1. The van der Waals surface area contributed by atoms with E-state index in [9.17, 15) is 9.46 Å². The minimum absolute atomic E-state index is 0. The van der Waals surface area contributed by atoms with Crippen LogP contribution in [-0.4, -0.2) is 13.2 Å². The Kier molecular flexibility index (Phi) is 20.5. The first-order valence-electron chi connectivity index (χ1n) is 7.72. The van der Waals surface area contributed by atoms with Crippen LogP contribution < -0.4 is 56.3 Å². The van der Waals surface area contributed by atoms with Crippen LogP contribution in [0.25, 0.3) is 0 Å². The number of phosphoric acid groups is 1. The van der Waals surface area contributed by atoms with Gasteiger partial charge in [0.1, 0.15) is 0 Å². The number of hydrogen-bond donors (Lipinski definition) is 0. The van der Waals surface area contributed by atoms with Gasteiger partial charge in [-0.25, -0.2) is 0 Å². The number of phosphoric ester groups is 1. The van der Waals surface area contributed by atoms with Crippen molar-refractivity contribution < 1.29 is 69.9 Å². The van der Waals surface area contributed by atoms with Crippen LogP contribution in [-0.2, 0) is 13.6 Å². The molecule has 1 atom stereocenters. The van der Waals surface area contributed by atoms with E-state index < -0.39 is 7.82 Å². The molecule has 0 aromatic carbocycles. The van der Waals surface area contributed by atoms with Crippen molar-refractivity contribution in [3.05, 3.63) is 0 Å². The average Bonchev–Trinajstić information content (AvgIpc) is 2.36. The Labute approximate surface area is 167 Å². The van der Waals surface area contributed by atoms with Crippen molar-refractivity contribution in [2.45, 2.75) is 78.1 Å². The molecule has 0 saturated heterocycles. The van der Waals surface area contributed by atoms with E-state index in [1.165, 1.54) is 44.9 Å². The molecule has 20 heavy (non-hydrogen) atoms. The number of unbranched alkanes of at least 4 members (excludes halogenated alkanes) is 9. The third-order valence-corrected chi connectivity index (χ3v) is 4.11. The fourth-order valence-corrected chi connectivity index (χ4v) is 2.70. The molecule has 0 aliphatic carbocycles. The van der Waals surface area contributed by atoms with Crippen LogP contribution in [0.15, 0.2) is 0 Å². The summed E-state index contributed by atoms with van der Waals surface area (Å²) in [5.41, 5.74) is 0. The summed E-state index contributed by atoms with van der Waals surface area (Å²) in [6.45, 7) is 4.25. The van der Waals surface area contributed by atoms with E-state index in [0.29, 0.717) is 0 Å². The van der Waals surface area contributed by atoms with Gasteiger partial charge in [-0.05, 0) is 13.3 Å². The second-order valence-corrected chi connectivity index (χ2v) is 6.29. The predicted molar refractivity (Wildman–Crippen MR) is 77.0 cm³/mol. The third kappa shape index (κ3) is 17.8. The molecule has 0 amide bonds. The molecule has 4 nitrogen and oxygen atoms in total. The van der Waals surface area contributed by atoms with Crippen molar-refractivity contribution in [1.29, 1.82) is 0 Å². The molecule has 0 bridgehead atoms. The van der Waals surface area contributed by atoms with Crippen molar-refractivity contribution >= 4 is 7.82 Å². The number of hydrogen-bond acceptors (Lipinski definition) is 4. The first-order chi connectivity index (χ1) is 9.12. The van der Waals surface area contributed by atoms with E-state index in [1.807, 2.05) is 0 Å². The Balaban J connectivity index is 0. The molecule has 6 heteroatoms. The Hall–Kier alpha value is 1.75. The van der Waals surface area contributed by atoms with Gasteiger partial charge in [0.15, 0.2) is 0 Å². The summed E-state index contributed by atoms with van der Waals surface area (Å²) in [5, 5.41) is 0. The third-order valence-electron chi connectivity index (χ3n) is 3.03. The van der Waals surface area contributed by atoms with Crippen molar-refractivity contribution in [1.82, 2.24) is 0 Å². The molecule has 0 saturated carbocycles. The van der Waals surface area contributed by atoms with E-state index in [2.05, 4.69) is 11.4 Å². The maximum Gasteiger partial charge on any atom is 1.00 e. The average molecular weight is 332 g/mol. The molecule has 1 unspecified atom stereocenters. The fourth-order valence-electron chi connectivity index (χ4n) is 1.96. The summed E-state index contributed by atoms with van der Waals surface area (Å²) < 4.78 is 20.3. The monoisotopic (exact) mass is 332 g/mol. The SMILES string of the molecule is CCCCCCCCCCCCOP(=O)([O-])OCC.[K+]. The maximum absolute atomic E-state index is 11.1. The predicted octanol–water partition coefficient (Wildman–Crippen LogP) is 1.43. The standard InChI is InChI=1S/C14H31O4P.K/c1-3-5-6-7-8-9-10-11-12-13-14-18-19(15,16)17-4-2;/h3-14H2,1-2H3,(H,15,16);/q;+1/p-1. The van der Waals surface area contributed by atoms with E-state index in [-0.39, 0.29) is 64.6 Å². The van der Waals surface area contributed by atoms with Crippen LogP contribution in [0, 0.1) is 0 Å². The van der Waals surface area contributed by atoms with Crippen molar-refractivity contribution in [3.8, 4) is 0 Å². The van der Waals surface area contributed by atoms with Crippen molar-refractivity contribution in [2.24, 2.45) is 0 Å². The molecule has 0 aliphatic heterocycles. The zero-order valence-electron chi connectivity index (χ0n) is 13.6. The van der Waals surface area contributed by atoms with Crippen molar-refractivity contribution in [2.75, 3.05) is 13.2 Å². The summed E-state index contributed by atoms with van der Waals surface area (Å²) in [5.74, 6) is 0. The topological polar surface area (TPSA) is 58.6 Å². The molecule has 0 spiro atoms.